The maximum Gasteiger partial charge on any atom is 0.232 e. The molecule has 18 heavy (non-hydrogen) atoms. The number of rotatable bonds is 4. The number of hydrogen-bond acceptors (Lipinski definition) is 3. The number of hydrogen-bond donors (Lipinski definition) is 1. The highest BCUT2D eigenvalue weighted by Gasteiger charge is 2.28. The van der Waals surface area contributed by atoms with Crippen LogP contribution in [-0.2, 0) is 9.53 Å². The summed E-state index contributed by atoms with van der Waals surface area (Å²) in [5.41, 5.74) is 7.35. The molecule has 0 bridgehead atoms. The summed E-state index contributed by atoms with van der Waals surface area (Å²) in [4.78, 5) is 14.3. The monoisotopic (exact) mass is 248 g/mol. The van der Waals surface area contributed by atoms with E-state index >= 15 is 0 Å². The fourth-order valence-electron chi connectivity index (χ4n) is 2.23. The fourth-order valence-corrected chi connectivity index (χ4v) is 2.23. The van der Waals surface area contributed by atoms with Gasteiger partial charge in [0.2, 0.25) is 5.91 Å². The van der Waals surface area contributed by atoms with E-state index in [-0.39, 0.29) is 11.8 Å². The van der Waals surface area contributed by atoms with Crippen molar-refractivity contribution in [2.75, 3.05) is 30.4 Å². The van der Waals surface area contributed by atoms with Crippen LogP contribution in [0, 0.1) is 5.92 Å². The first-order valence-corrected chi connectivity index (χ1v) is 6.47. The molecule has 98 valence electrons. The predicted octanol–water partition coefficient (Wildman–Crippen LogP) is 2.05. The Balaban J connectivity index is 2.19. The Hall–Kier alpha value is -1.55. The highest BCUT2D eigenvalue weighted by atomic mass is 16.5. The van der Waals surface area contributed by atoms with Gasteiger partial charge in [0.15, 0.2) is 0 Å². The topological polar surface area (TPSA) is 55.6 Å². The Bertz CT molecular complexity index is 414. The van der Waals surface area contributed by atoms with Crippen molar-refractivity contribution in [1.82, 2.24) is 0 Å². The zero-order valence-electron chi connectivity index (χ0n) is 10.8. The third-order valence-electron chi connectivity index (χ3n) is 3.17. The van der Waals surface area contributed by atoms with E-state index < -0.39 is 0 Å². The van der Waals surface area contributed by atoms with E-state index in [1.807, 2.05) is 29.2 Å². The van der Waals surface area contributed by atoms with Gasteiger partial charge in [-0.1, -0.05) is 13.0 Å². The molecular weight excluding hydrogens is 228 g/mol. The Morgan fingerprint density at radius 3 is 3.00 bits per heavy atom. The quantitative estimate of drug-likeness (QED) is 0.830. The van der Waals surface area contributed by atoms with E-state index in [0.29, 0.717) is 18.9 Å². The van der Waals surface area contributed by atoms with Crippen LogP contribution in [0.25, 0.3) is 0 Å². The summed E-state index contributed by atoms with van der Waals surface area (Å²) in [6.07, 6.45) is 1.75. The van der Waals surface area contributed by atoms with Crippen molar-refractivity contribution >= 4 is 17.3 Å². The number of amides is 1. The van der Waals surface area contributed by atoms with Crippen LogP contribution in [0.15, 0.2) is 24.3 Å². The number of nitrogen functional groups attached to an aromatic ring is 1. The number of carbonyl (C=O) groups excluding carboxylic acids is 1. The molecule has 0 saturated carbocycles. The van der Waals surface area contributed by atoms with Crippen molar-refractivity contribution in [3.63, 3.8) is 0 Å². The van der Waals surface area contributed by atoms with Crippen LogP contribution >= 0.6 is 0 Å². The molecule has 4 nitrogen and oxygen atoms in total. The lowest BCUT2D eigenvalue weighted by molar-refractivity contribution is -0.122. The molecule has 1 aliphatic rings. The van der Waals surface area contributed by atoms with Crippen molar-refractivity contribution in [3.8, 4) is 0 Å². The maximum atomic E-state index is 12.5. The highest BCUT2D eigenvalue weighted by molar-refractivity contribution is 5.95. The van der Waals surface area contributed by atoms with Crippen LogP contribution in [-0.4, -0.2) is 25.7 Å². The van der Waals surface area contributed by atoms with E-state index in [1.165, 1.54) is 0 Å². The summed E-state index contributed by atoms with van der Waals surface area (Å²) in [5.74, 6) is 0.151. The van der Waals surface area contributed by atoms with Gasteiger partial charge in [-0.2, -0.15) is 0 Å². The van der Waals surface area contributed by atoms with E-state index in [2.05, 4.69) is 6.92 Å². The average Bonchev–Trinajstić information content (AvgIpc) is 2.89. The van der Waals surface area contributed by atoms with Crippen LogP contribution in [0.5, 0.6) is 0 Å². The van der Waals surface area contributed by atoms with Crippen LogP contribution in [0.3, 0.4) is 0 Å². The molecule has 2 rings (SSSR count). The zero-order valence-corrected chi connectivity index (χ0v) is 10.8. The minimum absolute atomic E-state index is 0.00187. The van der Waals surface area contributed by atoms with Crippen LogP contribution < -0.4 is 10.6 Å². The Kier molecular flexibility index (Phi) is 4.20. The van der Waals surface area contributed by atoms with Crippen LogP contribution in [0.4, 0.5) is 11.4 Å². The average molecular weight is 248 g/mol. The van der Waals surface area contributed by atoms with Crippen molar-refractivity contribution in [2.24, 2.45) is 5.92 Å². The van der Waals surface area contributed by atoms with Crippen LogP contribution in [0.1, 0.15) is 19.8 Å². The minimum Gasteiger partial charge on any atom is -0.399 e. The Labute approximate surface area is 108 Å². The molecule has 0 aromatic heterocycles. The van der Waals surface area contributed by atoms with Gasteiger partial charge in [-0.3, -0.25) is 4.79 Å². The smallest absolute Gasteiger partial charge is 0.232 e. The second-order valence-electron chi connectivity index (χ2n) is 4.65. The molecule has 1 saturated heterocycles. The van der Waals surface area contributed by atoms with E-state index in [1.54, 1.807) is 0 Å². The summed E-state index contributed by atoms with van der Waals surface area (Å²) in [6, 6.07) is 7.49. The number of nitrogens with zero attached hydrogens (tertiary/aromatic N) is 1. The Morgan fingerprint density at radius 2 is 2.39 bits per heavy atom. The van der Waals surface area contributed by atoms with Crippen molar-refractivity contribution < 1.29 is 9.53 Å². The van der Waals surface area contributed by atoms with E-state index in [9.17, 15) is 4.79 Å². The second kappa shape index (κ2) is 5.87. The summed E-state index contributed by atoms with van der Waals surface area (Å²) >= 11 is 0. The maximum absolute atomic E-state index is 12.5. The van der Waals surface area contributed by atoms with Gasteiger partial charge in [-0.15, -0.1) is 0 Å². The lowest BCUT2D eigenvalue weighted by Gasteiger charge is -2.25. The normalized spacial score (nSPS) is 18.8. The number of carbonyl (C=O) groups is 1. The van der Waals surface area contributed by atoms with Crippen molar-refractivity contribution in [3.05, 3.63) is 24.3 Å². The third kappa shape index (κ3) is 2.82. The van der Waals surface area contributed by atoms with Gasteiger partial charge in [-0.05, 0) is 31.0 Å². The molecule has 1 heterocycles. The molecular formula is C14H20N2O2. The van der Waals surface area contributed by atoms with Gasteiger partial charge in [-0.25, -0.2) is 0 Å². The SMILES string of the molecule is CCCN(C(=O)C1CCOC1)c1cccc(N)c1. The third-order valence-corrected chi connectivity index (χ3v) is 3.17. The van der Waals surface area contributed by atoms with Gasteiger partial charge < -0.3 is 15.4 Å². The first kappa shape index (κ1) is 12.9. The number of ether oxygens (including phenoxy) is 1. The molecule has 1 aromatic rings. The zero-order chi connectivity index (χ0) is 13.0. The second-order valence-corrected chi connectivity index (χ2v) is 4.65. The molecule has 1 unspecified atom stereocenters. The summed E-state index contributed by atoms with van der Waals surface area (Å²) in [6.45, 7) is 4.02. The highest BCUT2D eigenvalue weighted by Crippen LogP contribution is 2.23. The van der Waals surface area contributed by atoms with Crippen LogP contribution in [0.2, 0.25) is 0 Å². The number of benzene rings is 1. The molecule has 1 aliphatic heterocycles. The van der Waals surface area contributed by atoms with Gasteiger partial charge in [0.05, 0.1) is 12.5 Å². The first-order chi connectivity index (χ1) is 8.72. The predicted molar refractivity (Wildman–Crippen MR) is 72.4 cm³/mol. The lowest BCUT2D eigenvalue weighted by Crippen LogP contribution is -2.37. The van der Waals surface area contributed by atoms with Gasteiger partial charge in [0.25, 0.3) is 0 Å². The van der Waals surface area contributed by atoms with Gasteiger partial charge in [0, 0.05) is 24.5 Å². The summed E-state index contributed by atoms with van der Waals surface area (Å²) < 4.78 is 5.29. The standard InChI is InChI=1S/C14H20N2O2/c1-2-7-16(13-5-3-4-12(15)9-13)14(17)11-6-8-18-10-11/h3-5,9,11H,2,6-8,10,15H2,1H3. The van der Waals surface area contributed by atoms with E-state index in [4.69, 9.17) is 10.5 Å². The fraction of sp³-hybridized carbons (Fsp3) is 0.500. The summed E-state index contributed by atoms with van der Waals surface area (Å²) in [5, 5.41) is 0. The molecule has 0 spiro atoms. The van der Waals surface area contributed by atoms with Gasteiger partial charge in [0.1, 0.15) is 0 Å². The molecule has 1 fully saturated rings. The van der Waals surface area contributed by atoms with Crippen molar-refractivity contribution in [2.45, 2.75) is 19.8 Å². The molecule has 2 N–H and O–H groups in total. The molecule has 1 atom stereocenters. The van der Waals surface area contributed by atoms with Gasteiger partial charge >= 0.3 is 0 Å². The minimum atomic E-state index is -0.00187. The van der Waals surface area contributed by atoms with E-state index in [0.717, 1.165) is 25.1 Å². The molecule has 1 amide bonds. The first-order valence-electron chi connectivity index (χ1n) is 6.47. The van der Waals surface area contributed by atoms with Crippen molar-refractivity contribution in [1.29, 1.82) is 0 Å². The molecule has 0 radical (unpaired) electrons. The molecule has 1 aromatic carbocycles. The molecule has 0 aliphatic carbocycles. The summed E-state index contributed by atoms with van der Waals surface area (Å²) in [7, 11) is 0. The number of nitrogens with two attached hydrogens (primary N) is 1. The Morgan fingerprint density at radius 1 is 1.56 bits per heavy atom. The molecule has 4 heteroatoms. The largest absolute Gasteiger partial charge is 0.399 e. The number of anilines is 2. The lowest BCUT2D eigenvalue weighted by atomic mass is 10.1.